The van der Waals surface area contributed by atoms with Crippen LogP contribution < -0.4 is 39.1 Å². The highest BCUT2D eigenvalue weighted by Crippen LogP contribution is 2.40. The van der Waals surface area contributed by atoms with Gasteiger partial charge in [-0.1, -0.05) is 36.4 Å². The van der Waals surface area contributed by atoms with Crippen LogP contribution in [-0.2, 0) is 57.8 Å². The van der Waals surface area contributed by atoms with Gasteiger partial charge in [-0.15, -0.1) is 0 Å². The third-order valence-corrected chi connectivity index (χ3v) is 13.0. The Morgan fingerprint density at radius 1 is 0.388 bits per heavy atom. The number of aliphatic hydroxyl groups excluding tert-OH is 2. The monoisotopic (exact) mass is 1100 g/mol. The molecular weight excluding hydrogens is 1020 g/mol. The molecular formula is C64H78N2O14. The van der Waals surface area contributed by atoms with Crippen LogP contribution in [-0.4, -0.2) is 128 Å². The van der Waals surface area contributed by atoms with Gasteiger partial charge in [0.2, 0.25) is 0 Å². The first-order valence-corrected chi connectivity index (χ1v) is 27.8. The van der Waals surface area contributed by atoms with E-state index in [0.717, 1.165) is 78.6 Å². The zero-order chi connectivity index (χ0) is 56.3. The van der Waals surface area contributed by atoms with Gasteiger partial charge in [-0.3, -0.25) is 9.59 Å². The molecule has 8 bridgehead atoms. The Kier molecular flexibility index (Phi) is 24.8. The Morgan fingerprint density at radius 3 is 0.950 bits per heavy atom. The quantitative estimate of drug-likeness (QED) is 0.0293. The third-order valence-electron chi connectivity index (χ3n) is 13.0. The van der Waals surface area contributed by atoms with Gasteiger partial charge in [-0.05, 0) is 156 Å². The predicted molar refractivity (Wildman–Crippen MR) is 305 cm³/mol. The van der Waals surface area contributed by atoms with E-state index < -0.39 is 0 Å². The maximum absolute atomic E-state index is 12.6. The molecule has 2 amide bonds. The number of hydrogen-bond donors (Lipinski definition) is 4. The van der Waals surface area contributed by atoms with Crippen molar-refractivity contribution in [3.05, 3.63) is 176 Å². The normalized spacial score (nSPS) is 11.9. The molecule has 0 heterocycles. The van der Waals surface area contributed by atoms with Crippen LogP contribution in [0.15, 0.2) is 109 Å². The van der Waals surface area contributed by atoms with Gasteiger partial charge in [0.15, 0.2) is 0 Å². The number of aliphatic hydroxyl groups is 2. The first kappa shape index (κ1) is 60.5. The summed E-state index contributed by atoms with van der Waals surface area (Å²) in [6.45, 7) is 13.4. The Hall–Kier alpha value is -7.18. The zero-order valence-electron chi connectivity index (χ0n) is 46.7. The number of carbonyl (C=O) groups is 2. The van der Waals surface area contributed by atoms with Crippen molar-refractivity contribution in [1.82, 2.24) is 10.6 Å². The highest BCUT2D eigenvalue weighted by molar-refractivity contribution is 5.94. The molecule has 1 aliphatic rings. The van der Waals surface area contributed by atoms with Crippen LogP contribution >= 0.6 is 0 Å². The van der Waals surface area contributed by atoms with E-state index in [2.05, 4.69) is 71.3 Å². The van der Waals surface area contributed by atoms with Crippen LogP contribution in [0.25, 0.3) is 0 Å². The molecule has 0 atom stereocenters. The lowest BCUT2D eigenvalue weighted by atomic mass is 9.89. The van der Waals surface area contributed by atoms with Gasteiger partial charge >= 0.3 is 0 Å². The number of nitrogens with one attached hydrogen (secondary N) is 2. The third kappa shape index (κ3) is 17.9. The lowest BCUT2D eigenvalue weighted by Gasteiger charge is -2.24. The summed E-state index contributed by atoms with van der Waals surface area (Å²) < 4.78 is 63.5. The number of ether oxygens (including phenoxy) is 10. The Labute approximate surface area is 470 Å². The van der Waals surface area contributed by atoms with Crippen LogP contribution in [0.4, 0.5) is 0 Å². The molecule has 0 saturated heterocycles. The van der Waals surface area contributed by atoms with Gasteiger partial charge in [0, 0.05) is 76.3 Å². The van der Waals surface area contributed by atoms with Crippen molar-refractivity contribution in [2.75, 3.05) is 106 Å². The molecule has 428 valence electrons. The Balaban J connectivity index is 1.38. The average Bonchev–Trinajstić information content (AvgIpc) is 3.49. The fourth-order valence-corrected chi connectivity index (χ4v) is 9.41. The molecule has 6 aromatic rings. The van der Waals surface area contributed by atoms with Gasteiger partial charge in [0.25, 0.3) is 11.8 Å². The van der Waals surface area contributed by atoms with Gasteiger partial charge < -0.3 is 68.2 Å². The van der Waals surface area contributed by atoms with Crippen molar-refractivity contribution in [2.45, 2.75) is 66.6 Å². The first-order valence-electron chi connectivity index (χ1n) is 27.8. The maximum Gasteiger partial charge on any atom is 0.251 e. The van der Waals surface area contributed by atoms with Crippen LogP contribution in [0.3, 0.4) is 0 Å². The summed E-state index contributed by atoms with van der Waals surface area (Å²) in [5, 5.41) is 23.8. The number of benzene rings is 6. The summed E-state index contributed by atoms with van der Waals surface area (Å²) in [5.74, 6) is 3.54. The van der Waals surface area contributed by atoms with Crippen LogP contribution in [0.5, 0.6) is 34.5 Å². The predicted octanol–water partition coefficient (Wildman–Crippen LogP) is 8.63. The van der Waals surface area contributed by atoms with Gasteiger partial charge in [-0.2, -0.15) is 0 Å². The Bertz CT molecular complexity index is 2590. The summed E-state index contributed by atoms with van der Waals surface area (Å²) in [5.41, 5.74) is 10.2. The molecule has 4 N–H and O–H groups in total. The highest BCUT2D eigenvalue weighted by atomic mass is 16.5. The molecule has 7 rings (SSSR count). The van der Waals surface area contributed by atoms with Crippen molar-refractivity contribution in [1.29, 1.82) is 0 Å². The van der Waals surface area contributed by atoms with Crippen LogP contribution in [0.1, 0.15) is 104 Å². The van der Waals surface area contributed by atoms with E-state index in [9.17, 15) is 19.8 Å². The maximum atomic E-state index is 12.6. The van der Waals surface area contributed by atoms with E-state index in [1.165, 1.54) is 0 Å². The highest BCUT2D eigenvalue weighted by Gasteiger charge is 2.24. The van der Waals surface area contributed by atoms with E-state index in [1.807, 2.05) is 27.7 Å². The molecule has 0 fully saturated rings. The van der Waals surface area contributed by atoms with Crippen LogP contribution in [0, 0.1) is 0 Å². The minimum Gasteiger partial charge on any atom is -0.491 e. The minimum absolute atomic E-state index is 0.149. The lowest BCUT2D eigenvalue weighted by molar-refractivity contribution is 0.0937. The van der Waals surface area contributed by atoms with Crippen molar-refractivity contribution in [3.8, 4) is 34.5 Å². The largest absolute Gasteiger partial charge is 0.491 e. The number of amides is 2. The SMILES string of the molecule is CCOCCOc1c2cccc1Cc1cc(COc3ccc(C(=O)NCCO)cc3)cc(c1OCCOCC)Cc1cccc(c1OCCOCC)Cc1cc(COc3ccc(C(=O)NCCO)cc3)cc(c1OCCOCC)C2. The first-order chi connectivity index (χ1) is 39.2. The standard InChI is InChI=1S/C64H78N2O14/c1-5-71-27-31-75-59-49-11-9-12-50(59)40-54-36-46(44-80-58-21-17-48(18-22-58)64(70)66-24-26-68)38-56(62(54)78-34-30-74-8-4)42-52-14-10-13-51(60(52)76-32-28-72-6-2)41-55-37-45(35-53(39-49)61(55)77-33-29-73-7-3)43-79-57-19-15-47(16-20-57)63(69)65-23-25-67/h9-22,35-38,67-68H,5-8,23-34,39-44H2,1-4H3,(H,65,69)(H,66,70). The van der Waals surface area contributed by atoms with Gasteiger partial charge in [0.1, 0.15) is 74.1 Å². The minimum atomic E-state index is -0.278. The molecule has 80 heavy (non-hydrogen) atoms. The van der Waals surface area contributed by atoms with Crippen molar-refractivity contribution in [2.24, 2.45) is 0 Å². The number of hydrogen-bond acceptors (Lipinski definition) is 14. The topological polar surface area (TPSA) is 191 Å². The smallest absolute Gasteiger partial charge is 0.251 e. The van der Waals surface area contributed by atoms with Crippen molar-refractivity contribution < 1.29 is 67.2 Å². The second-order valence-corrected chi connectivity index (χ2v) is 18.8. The average molecular weight is 1100 g/mol. The molecule has 0 unspecified atom stereocenters. The number of fused-ring (bicyclic) bond motifs is 8. The van der Waals surface area contributed by atoms with E-state index in [0.29, 0.717) is 128 Å². The molecule has 0 radical (unpaired) electrons. The molecule has 0 spiro atoms. The van der Waals surface area contributed by atoms with Crippen LogP contribution in [0.2, 0.25) is 0 Å². The van der Waals surface area contributed by atoms with E-state index in [1.54, 1.807) is 48.5 Å². The van der Waals surface area contributed by atoms with Crippen molar-refractivity contribution >= 4 is 11.8 Å². The van der Waals surface area contributed by atoms with E-state index in [-0.39, 0.29) is 51.3 Å². The molecule has 6 aromatic carbocycles. The summed E-state index contributed by atoms with van der Waals surface area (Å²) in [6, 6.07) is 34.9. The summed E-state index contributed by atoms with van der Waals surface area (Å²) in [6.07, 6.45) is 1.71. The molecule has 0 aromatic heterocycles. The fraction of sp³-hybridized carbons (Fsp3) is 0.406. The fourth-order valence-electron chi connectivity index (χ4n) is 9.41. The second-order valence-electron chi connectivity index (χ2n) is 18.8. The summed E-state index contributed by atoms with van der Waals surface area (Å²) in [7, 11) is 0. The zero-order valence-corrected chi connectivity index (χ0v) is 46.7. The number of carbonyl (C=O) groups excluding carboxylic acids is 2. The second kappa shape index (κ2) is 32.8. The molecule has 0 saturated carbocycles. The lowest BCUT2D eigenvalue weighted by Crippen LogP contribution is -2.26. The number of rotatable bonds is 32. The van der Waals surface area contributed by atoms with Crippen molar-refractivity contribution in [3.63, 3.8) is 0 Å². The van der Waals surface area contributed by atoms with E-state index in [4.69, 9.17) is 47.4 Å². The summed E-state index contributed by atoms with van der Waals surface area (Å²) >= 11 is 0. The Morgan fingerprint density at radius 2 is 0.675 bits per heavy atom. The summed E-state index contributed by atoms with van der Waals surface area (Å²) in [4.78, 5) is 25.3. The molecule has 16 nitrogen and oxygen atoms in total. The van der Waals surface area contributed by atoms with Gasteiger partial charge in [-0.25, -0.2) is 0 Å². The molecule has 1 aliphatic carbocycles. The van der Waals surface area contributed by atoms with E-state index >= 15 is 0 Å². The molecule has 0 aliphatic heterocycles. The molecule has 16 heteroatoms. The number of para-hydroxylation sites is 2. The van der Waals surface area contributed by atoms with Gasteiger partial charge in [0.05, 0.1) is 39.6 Å².